The number of nitrogens with two attached hydrogens (primary N) is 1. The highest BCUT2D eigenvalue weighted by atomic mass is 19.1. The summed E-state index contributed by atoms with van der Waals surface area (Å²) in [6, 6.07) is 14.0. The smallest absolute Gasteiger partial charge is 0.129 e. The summed E-state index contributed by atoms with van der Waals surface area (Å²) >= 11 is 0. The van der Waals surface area contributed by atoms with Crippen molar-refractivity contribution in [2.75, 3.05) is 0 Å². The van der Waals surface area contributed by atoms with Crippen molar-refractivity contribution in [3.8, 4) is 5.75 Å². The van der Waals surface area contributed by atoms with Gasteiger partial charge in [0.05, 0.1) is 0 Å². The predicted molar refractivity (Wildman–Crippen MR) is 69.8 cm³/mol. The molecule has 0 aliphatic rings. The van der Waals surface area contributed by atoms with Gasteiger partial charge in [-0.05, 0) is 19.1 Å². The first-order chi connectivity index (χ1) is 8.68. The summed E-state index contributed by atoms with van der Waals surface area (Å²) in [6.45, 7) is 2.10. The van der Waals surface area contributed by atoms with Crippen LogP contribution in [-0.2, 0) is 6.61 Å². The van der Waals surface area contributed by atoms with Crippen LogP contribution >= 0.6 is 0 Å². The molecule has 0 fully saturated rings. The molecule has 0 radical (unpaired) electrons. The zero-order chi connectivity index (χ0) is 13.0. The van der Waals surface area contributed by atoms with Gasteiger partial charge in [0, 0.05) is 17.2 Å². The molecule has 0 aliphatic heterocycles. The van der Waals surface area contributed by atoms with Crippen LogP contribution in [0.2, 0.25) is 0 Å². The van der Waals surface area contributed by atoms with Gasteiger partial charge in [0.2, 0.25) is 0 Å². The minimum atomic E-state index is -0.254. The Morgan fingerprint density at radius 1 is 1.11 bits per heavy atom. The second kappa shape index (κ2) is 5.65. The number of ether oxygens (including phenoxy) is 1. The molecule has 0 amide bonds. The Kier molecular flexibility index (Phi) is 3.95. The monoisotopic (exact) mass is 245 g/mol. The van der Waals surface area contributed by atoms with Gasteiger partial charge in [0.25, 0.3) is 0 Å². The molecule has 94 valence electrons. The summed E-state index contributed by atoms with van der Waals surface area (Å²) in [6.07, 6.45) is 0. The van der Waals surface area contributed by atoms with E-state index < -0.39 is 0 Å². The fraction of sp³-hybridized carbons (Fsp3) is 0.200. The number of hydrogen-bond acceptors (Lipinski definition) is 2. The first kappa shape index (κ1) is 12.6. The van der Waals surface area contributed by atoms with E-state index in [0.29, 0.717) is 11.3 Å². The van der Waals surface area contributed by atoms with E-state index in [9.17, 15) is 4.39 Å². The molecule has 0 aliphatic carbocycles. The number of benzene rings is 2. The standard InChI is InChI=1S/C15H16FNO/c1-11(17)13-7-3-5-9-15(13)18-10-12-6-2-4-8-14(12)16/h2-9,11H,10,17H2,1H3/t11-/m0/s1. The zero-order valence-corrected chi connectivity index (χ0v) is 10.3. The quantitative estimate of drug-likeness (QED) is 0.895. The number of rotatable bonds is 4. The molecule has 0 heterocycles. The Morgan fingerprint density at radius 3 is 2.50 bits per heavy atom. The van der Waals surface area contributed by atoms with E-state index in [4.69, 9.17) is 10.5 Å². The first-order valence-corrected chi connectivity index (χ1v) is 5.89. The number of halogens is 1. The van der Waals surface area contributed by atoms with Gasteiger partial charge in [-0.15, -0.1) is 0 Å². The van der Waals surface area contributed by atoms with E-state index in [1.807, 2.05) is 31.2 Å². The molecule has 2 rings (SSSR count). The molecular formula is C15H16FNO. The van der Waals surface area contributed by atoms with Crippen LogP contribution in [0.3, 0.4) is 0 Å². The molecule has 2 aromatic carbocycles. The number of hydrogen-bond donors (Lipinski definition) is 1. The summed E-state index contributed by atoms with van der Waals surface area (Å²) in [5.41, 5.74) is 7.32. The molecule has 0 saturated carbocycles. The molecule has 2 aromatic rings. The third-order valence-electron chi connectivity index (χ3n) is 2.75. The van der Waals surface area contributed by atoms with Gasteiger partial charge in [0.1, 0.15) is 18.2 Å². The average molecular weight is 245 g/mol. The van der Waals surface area contributed by atoms with Crippen LogP contribution in [0.25, 0.3) is 0 Å². The lowest BCUT2D eigenvalue weighted by molar-refractivity contribution is 0.295. The van der Waals surface area contributed by atoms with Gasteiger partial charge in [0.15, 0.2) is 0 Å². The average Bonchev–Trinajstić information content (AvgIpc) is 2.38. The molecule has 0 spiro atoms. The van der Waals surface area contributed by atoms with Crippen molar-refractivity contribution in [1.29, 1.82) is 0 Å². The van der Waals surface area contributed by atoms with Crippen molar-refractivity contribution in [2.24, 2.45) is 5.73 Å². The van der Waals surface area contributed by atoms with Crippen molar-refractivity contribution >= 4 is 0 Å². The molecule has 3 heteroatoms. The molecule has 0 aromatic heterocycles. The van der Waals surface area contributed by atoms with Gasteiger partial charge < -0.3 is 10.5 Å². The van der Waals surface area contributed by atoms with Crippen molar-refractivity contribution in [3.63, 3.8) is 0 Å². The highest BCUT2D eigenvalue weighted by Gasteiger charge is 2.08. The van der Waals surface area contributed by atoms with Crippen molar-refractivity contribution in [2.45, 2.75) is 19.6 Å². The van der Waals surface area contributed by atoms with Crippen LogP contribution in [0.15, 0.2) is 48.5 Å². The topological polar surface area (TPSA) is 35.2 Å². The Bertz CT molecular complexity index is 525. The summed E-state index contributed by atoms with van der Waals surface area (Å²) in [5, 5.41) is 0. The maximum Gasteiger partial charge on any atom is 0.129 e. The van der Waals surface area contributed by atoms with Crippen LogP contribution in [0.1, 0.15) is 24.1 Å². The Hall–Kier alpha value is -1.87. The lowest BCUT2D eigenvalue weighted by Crippen LogP contribution is -2.08. The predicted octanol–water partition coefficient (Wildman–Crippen LogP) is 3.42. The molecule has 18 heavy (non-hydrogen) atoms. The molecule has 0 bridgehead atoms. The largest absolute Gasteiger partial charge is 0.488 e. The zero-order valence-electron chi connectivity index (χ0n) is 10.3. The Balaban J connectivity index is 2.14. The van der Waals surface area contributed by atoms with E-state index in [1.165, 1.54) is 6.07 Å². The first-order valence-electron chi connectivity index (χ1n) is 5.89. The van der Waals surface area contributed by atoms with Crippen LogP contribution in [0.4, 0.5) is 4.39 Å². The van der Waals surface area contributed by atoms with E-state index >= 15 is 0 Å². The van der Waals surface area contributed by atoms with Crippen molar-refractivity contribution < 1.29 is 9.13 Å². The van der Waals surface area contributed by atoms with Crippen LogP contribution in [-0.4, -0.2) is 0 Å². The van der Waals surface area contributed by atoms with Gasteiger partial charge >= 0.3 is 0 Å². The number of para-hydroxylation sites is 1. The van der Waals surface area contributed by atoms with Gasteiger partial charge in [-0.2, -0.15) is 0 Å². The van der Waals surface area contributed by atoms with E-state index in [-0.39, 0.29) is 18.5 Å². The lowest BCUT2D eigenvalue weighted by atomic mass is 10.1. The third-order valence-corrected chi connectivity index (χ3v) is 2.75. The summed E-state index contributed by atoms with van der Waals surface area (Å²) in [5.74, 6) is 0.450. The summed E-state index contributed by atoms with van der Waals surface area (Å²) in [7, 11) is 0. The normalized spacial score (nSPS) is 12.2. The SMILES string of the molecule is C[C@H](N)c1ccccc1OCc1ccccc1F. The van der Waals surface area contributed by atoms with E-state index in [1.54, 1.807) is 18.2 Å². The summed E-state index contributed by atoms with van der Waals surface area (Å²) < 4.78 is 19.1. The highest BCUT2D eigenvalue weighted by molar-refractivity contribution is 5.35. The summed E-state index contributed by atoms with van der Waals surface area (Å²) in [4.78, 5) is 0. The van der Waals surface area contributed by atoms with E-state index in [2.05, 4.69) is 0 Å². The molecule has 0 saturated heterocycles. The maximum absolute atomic E-state index is 13.4. The molecule has 1 atom stereocenters. The highest BCUT2D eigenvalue weighted by Crippen LogP contribution is 2.24. The van der Waals surface area contributed by atoms with Crippen molar-refractivity contribution in [1.82, 2.24) is 0 Å². The Labute approximate surface area is 106 Å². The van der Waals surface area contributed by atoms with Crippen LogP contribution in [0.5, 0.6) is 5.75 Å². The maximum atomic E-state index is 13.4. The second-order valence-electron chi connectivity index (χ2n) is 4.21. The van der Waals surface area contributed by atoms with Crippen LogP contribution < -0.4 is 10.5 Å². The molecule has 2 N–H and O–H groups in total. The molecule has 2 nitrogen and oxygen atoms in total. The fourth-order valence-electron chi connectivity index (χ4n) is 1.76. The van der Waals surface area contributed by atoms with Crippen LogP contribution in [0, 0.1) is 5.82 Å². The Morgan fingerprint density at radius 2 is 1.78 bits per heavy atom. The van der Waals surface area contributed by atoms with Gasteiger partial charge in [-0.1, -0.05) is 36.4 Å². The molecule has 0 unspecified atom stereocenters. The third kappa shape index (κ3) is 2.87. The van der Waals surface area contributed by atoms with Gasteiger partial charge in [-0.25, -0.2) is 4.39 Å². The van der Waals surface area contributed by atoms with E-state index in [0.717, 1.165) is 5.56 Å². The van der Waals surface area contributed by atoms with Crippen molar-refractivity contribution in [3.05, 3.63) is 65.5 Å². The molecular weight excluding hydrogens is 229 g/mol. The van der Waals surface area contributed by atoms with Gasteiger partial charge in [-0.3, -0.25) is 0 Å². The minimum Gasteiger partial charge on any atom is -0.488 e. The minimum absolute atomic E-state index is 0.109. The fourth-order valence-corrected chi connectivity index (χ4v) is 1.76. The second-order valence-corrected chi connectivity index (χ2v) is 4.21. The lowest BCUT2D eigenvalue weighted by Gasteiger charge is -2.14.